The van der Waals surface area contributed by atoms with Crippen molar-refractivity contribution in [1.29, 1.82) is 0 Å². The molecule has 2 unspecified atom stereocenters. The molecule has 1 aromatic rings. The van der Waals surface area contributed by atoms with E-state index in [0.717, 1.165) is 12.1 Å². The smallest absolute Gasteiger partial charge is 0.317 e. The van der Waals surface area contributed by atoms with E-state index in [9.17, 15) is 9.59 Å². The molecule has 2 aliphatic rings. The molecule has 0 aromatic heterocycles. The molecule has 0 radical (unpaired) electrons. The van der Waals surface area contributed by atoms with E-state index in [-0.39, 0.29) is 23.8 Å². The molecule has 0 spiro atoms. The molecule has 3 rings (SSSR count). The van der Waals surface area contributed by atoms with Gasteiger partial charge in [-0.2, -0.15) is 0 Å². The molecule has 1 aliphatic carbocycles. The van der Waals surface area contributed by atoms with Crippen molar-refractivity contribution in [3.63, 3.8) is 0 Å². The summed E-state index contributed by atoms with van der Waals surface area (Å²) in [6, 6.07) is 5.54. The maximum atomic E-state index is 12.9. The van der Waals surface area contributed by atoms with E-state index in [4.69, 9.17) is 9.47 Å². The van der Waals surface area contributed by atoms with Crippen molar-refractivity contribution in [2.45, 2.75) is 25.7 Å². The summed E-state index contributed by atoms with van der Waals surface area (Å²) in [5.74, 6) is 1.42. The molecule has 1 aliphatic heterocycles. The number of nitrogens with zero attached hydrogens (tertiary/aromatic N) is 1. The number of hydrogen-bond donors (Lipinski definition) is 2. The number of hydrogen-bond acceptors (Lipinski definition) is 4. The molecule has 1 saturated heterocycles. The SMILES string of the molecule is CCNC(=O)N1CC(C(=O)NCC2CC2)C(c2cccc(OC)c2OC)C1. The molecular weight excluding hydrogens is 346 g/mol. The molecule has 2 fully saturated rings. The van der Waals surface area contributed by atoms with Crippen LogP contribution in [0.15, 0.2) is 18.2 Å². The van der Waals surface area contributed by atoms with Crippen LogP contribution in [0.5, 0.6) is 11.5 Å². The predicted molar refractivity (Wildman–Crippen MR) is 102 cm³/mol. The summed E-state index contributed by atoms with van der Waals surface area (Å²) in [7, 11) is 3.19. The van der Waals surface area contributed by atoms with E-state index in [1.165, 1.54) is 12.8 Å². The summed E-state index contributed by atoms with van der Waals surface area (Å²) < 4.78 is 11.0. The summed E-state index contributed by atoms with van der Waals surface area (Å²) in [5, 5.41) is 5.90. The Hall–Kier alpha value is -2.44. The Morgan fingerprint density at radius 3 is 2.56 bits per heavy atom. The molecule has 1 aromatic carbocycles. The Balaban J connectivity index is 1.86. The number of para-hydroxylation sites is 1. The third-order valence-corrected chi connectivity index (χ3v) is 5.37. The second kappa shape index (κ2) is 8.50. The minimum Gasteiger partial charge on any atom is -0.493 e. The van der Waals surface area contributed by atoms with Crippen molar-refractivity contribution in [2.24, 2.45) is 11.8 Å². The lowest BCUT2D eigenvalue weighted by Gasteiger charge is -2.21. The van der Waals surface area contributed by atoms with Gasteiger partial charge in [0.15, 0.2) is 11.5 Å². The number of amides is 3. The number of likely N-dealkylation sites (tertiary alicyclic amines) is 1. The van der Waals surface area contributed by atoms with Gasteiger partial charge in [-0.15, -0.1) is 0 Å². The molecule has 2 N–H and O–H groups in total. The molecule has 7 nitrogen and oxygen atoms in total. The first-order valence-electron chi connectivity index (χ1n) is 9.60. The molecule has 1 saturated carbocycles. The number of methoxy groups -OCH3 is 2. The van der Waals surface area contributed by atoms with Crippen LogP contribution in [0.2, 0.25) is 0 Å². The van der Waals surface area contributed by atoms with Gasteiger partial charge in [0.25, 0.3) is 0 Å². The van der Waals surface area contributed by atoms with Crippen molar-refractivity contribution in [3.05, 3.63) is 23.8 Å². The Morgan fingerprint density at radius 1 is 1.15 bits per heavy atom. The Labute approximate surface area is 160 Å². The first-order valence-corrected chi connectivity index (χ1v) is 9.60. The average molecular weight is 375 g/mol. The van der Waals surface area contributed by atoms with E-state index in [2.05, 4.69) is 10.6 Å². The van der Waals surface area contributed by atoms with E-state index in [1.54, 1.807) is 19.1 Å². The minimum absolute atomic E-state index is 0.00331. The van der Waals surface area contributed by atoms with Crippen molar-refractivity contribution < 1.29 is 19.1 Å². The monoisotopic (exact) mass is 375 g/mol. The van der Waals surface area contributed by atoms with E-state index in [0.29, 0.717) is 37.1 Å². The van der Waals surface area contributed by atoms with Gasteiger partial charge in [-0.1, -0.05) is 12.1 Å². The average Bonchev–Trinajstić information content (AvgIpc) is 3.41. The van der Waals surface area contributed by atoms with Crippen LogP contribution in [0.3, 0.4) is 0 Å². The van der Waals surface area contributed by atoms with Crippen LogP contribution in [-0.2, 0) is 4.79 Å². The van der Waals surface area contributed by atoms with Crippen LogP contribution < -0.4 is 20.1 Å². The zero-order valence-corrected chi connectivity index (χ0v) is 16.3. The molecule has 0 bridgehead atoms. The van der Waals surface area contributed by atoms with Crippen molar-refractivity contribution in [2.75, 3.05) is 40.4 Å². The zero-order valence-electron chi connectivity index (χ0n) is 16.3. The Bertz CT molecular complexity index is 690. The second-order valence-electron chi connectivity index (χ2n) is 7.22. The highest BCUT2D eigenvalue weighted by Gasteiger charge is 2.42. The predicted octanol–water partition coefficient (Wildman–Crippen LogP) is 1.97. The highest BCUT2D eigenvalue weighted by atomic mass is 16.5. The minimum atomic E-state index is -0.313. The third kappa shape index (κ3) is 4.28. The van der Waals surface area contributed by atoms with E-state index < -0.39 is 0 Å². The van der Waals surface area contributed by atoms with Gasteiger partial charge in [-0.3, -0.25) is 4.79 Å². The number of rotatable bonds is 7. The van der Waals surface area contributed by atoms with Crippen LogP contribution >= 0.6 is 0 Å². The van der Waals surface area contributed by atoms with Crippen LogP contribution in [0.25, 0.3) is 0 Å². The molecule has 1 heterocycles. The lowest BCUT2D eigenvalue weighted by molar-refractivity contribution is -0.125. The molecule has 7 heteroatoms. The number of benzene rings is 1. The fourth-order valence-corrected chi connectivity index (χ4v) is 3.72. The van der Waals surface area contributed by atoms with Crippen LogP contribution in [0.4, 0.5) is 4.79 Å². The highest BCUT2D eigenvalue weighted by molar-refractivity contribution is 5.83. The summed E-state index contributed by atoms with van der Waals surface area (Å²) in [4.78, 5) is 27.0. The van der Waals surface area contributed by atoms with Gasteiger partial charge in [0.1, 0.15) is 0 Å². The van der Waals surface area contributed by atoms with Gasteiger partial charge in [0.2, 0.25) is 5.91 Å². The fourth-order valence-electron chi connectivity index (χ4n) is 3.72. The summed E-state index contributed by atoms with van der Waals surface area (Å²) in [5.41, 5.74) is 0.898. The van der Waals surface area contributed by atoms with Crippen molar-refractivity contribution >= 4 is 11.9 Å². The zero-order chi connectivity index (χ0) is 19.4. The molecular formula is C20H29N3O4. The standard InChI is InChI=1S/C20H29N3O4/c1-4-21-20(25)23-11-15(14-6-5-7-17(26-2)18(14)27-3)16(12-23)19(24)22-10-13-8-9-13/h5-7,13,15-16H,4,8-12H2,1-3H3,(H,21,25)(H,22,24). The van der Waals surface area contributed by atoms with Crippen LogP contribution in [0.1, 0.15) is 31.2 Å². The molecule has 3 amide bonds. The maximum Gasteiger partial charge on any atom is 0.317 e. The topological polar surface area (TPSA) is 79.9 Å². The molecule has 2 atom stereocenters. The van der Waals surface area contributed by atoms with Gasteiger partial charge in [-0.05, 0) is 31.7 Å². The normalized spacial score (nSPS) is 21.7. The van der Waals surface area contributed by atoms with Crippen LogP contribution in [0, 0.1) is 11.8 Å². The second-order valence-corrected chi connectivity index (χ2v) is 7.22. The van der Waals surface area contributed by atoms with Gasteiger partial charge in [0, 0.05) is 37.7 Å². The molecule has 148 valence electrons. The van der Waals surface area contributed by atoms with E-state index >= 15 is 0 Å². The summed E-state index contributed by atoms with van der Waals surface area (Å²) in [6.07, 6.45) is 2.37. The number of ether oxygens (including phenoxy) is 2. The molecule has 27 heavy (non-hydrogen) atoms. The number of urea groups is 1. The number of carbonyl (C=O) groups excluding carboxylic acids is 2. The Kier molecular flexibility index (Phi) is 6.08. The summed E-state index contributed by atoms with van der Waals surface area (Å²) in [6.45, 7) is 4.03. The fraction of sp³-hybridized carbons (Fsp3) is 0.600. The Morgan fingerprint density at radius 2 is 1.93 bits per heavy atom. The van der Waals surface area contributed by atoms with Gasteiger partial charge in [0.05, 0.1) is 20.1 Å². The number of nitrogens with one attached hydrogen (secondary N) is 2. The van der Waals surface area contributed by atoms with Crippen LogP contribution in [-0.4, -0.2) is 57.2 Å². The van der Waals surface area contributed by atoms with Gasteiger partial charge in [-0.25, -0.2) is 4.79 Å². The lowest BCUT2D eigenvalue weighted by Crippen LogP contribution is -2.40. The third-order valence-electron chi connectivity index (χ3n) is 5.37. The largest absolute Gasteiger partial charge is 0.493 e. The van der Waals surface area contributed by atoms with Crippen molar-refractivity contribution in [1.82, 2.24) is 15.5 Å². The quantitative estimate of drug-likeness (QED) is 0.764. The maximum absolute atomic E-state index is 12.9. The first kappa shape index (κ1) is 19.3. The summed E-state index contributed by atoms with van der Waals surface area (Å²) >= 11 is 0. The van der Waals surface area contributed by atoms with E-state index in [1.807, 2.05) is 25.1 Å². The first-order chi connectivity index (χ1) is 13.1. The van der Waals surface area contributed by atoms with Gasteiger partial charge >= 0.3 is 6.03 Å². The lowest BCUT2D eigenvalue weighted by atomic mass is 9.87. The number of carbonyl (C=O) groups is 2. The highest BCUT2D eigenvalue weighted by Crippen LogP contribution is 2.42. The van der Waals surface area contributed by atoms with Gasteiger partial charge < -0.3 is 25.0 Å². The van der Waals surface area contributed by atoms with Crippen molar-refractivity contribution in [3.8, 4) is 11.5 Å².